The lowest BCUT2D eigenvalue weighted by molar-refractivity contribution is 0.0542. The Morgan fingerprint density at radius 2 is 1.88 bits per heavy atom. The highest BCUT2D eigenvalue weighted by molar-refractivity contribution is 5.70. The van der Waals surface area contributed by atoms with Crippen LogP contribution in [0.2, 0.25) is 0 Å². The van der Waals surface area contributed by atoms with Gasteiger partial charge < -0.3 is 10.1 Å². The van der Waals surface area contributed by atoms with Crippen LogP contribution in [0, 0.1) is 0 Å². The Hall–Kier alpha value is -1.45. The first-order valence-electron chi connectivity index (χ1n) is 5.31. The average molecular weight is 226 g/mol. The third kappa shape index (κ3) is 6.11. The SMILES string of the molecule is C/C=C\C(C)=C(/NC)NC(=O)OC(C)(C)C. The number of alkyl carbamates (subject to hydrolysis) is 1. The fraction of sp³-hybridized carbons (Fsp3) is 0.583. The summed E-state index contributed by atoms with van der Waals surface area (Å²) in [6.07, 6.45) is 3.35. The van der Waals surface area contributed by atoms with Gasteiger partial charge >= 0.3 is 6.09 Å². The van der Waals surface area contributed by atoms with E-state index in [1.807, 2.05) is 46.8 Å². The van der Waals surface area contributed by atoms with E-state index in [2.05, 4.69) is 10.6 Å². The van der Waals surface area contributed by atoms with Crippen LogP contribution < -0.4 is 10.6 Å². The first-order valence-corrected chi connectivity index (χ1v) is 5.31. The van der Waals surface area contributed by atoms with Crippen molar-refractivity contribution >= 4 is 6.09 Å². The molecule has 0 spiro atoms. The molecule has 1 amide bonds. The molecule has 4 heteroatoms. The lowest BCUT2D eigenvalue weighted by Crippen LogP contribution is -2.35. The Labute approximate surface area is 97.7 Å². The van der Waals surface area contributed by atoms with Gasteiger partial charge in [-0.05, 0) is 40.2 Å². The normalized spacial score (nSPS) is 13.4. The molecule has 0 aromatic rings. The number of nitrogens with one attached hydrogen (secondary N) is 2. The van der Waals surface area contributed by atoms with Gasteiger partial charge in [-0.3, -0.25) is 5.32 Å². The number of rotatable bonds is 3. The number of carbonyl (C=O) groups excluding carboxylic acids is 1. The first-order chi connectivity index (χ1) is 7.30. The predicted molar refractivity (Wildman–Crippen MR) is 65.9 cm³/mol. The highest BCUT2D eigenvalue weighted by Crippen LogP contribution is 2.07. The maximum Gasteiger partial charge on any atom is 0.413 e. The molecule has 0 aliphatic carbocycles. The zero-order valence-electron chi connectivity index (χ0n) is 11.0. The Bertz CT molecular complexity index is 299. The Morgan fingerprint density at radius 3 is 2.25 bits per heavy atom. The second-order valence-corrected chi connectivity index (χ2v) is 4.43. The van der Waals surface area contributed by atoms with Crippen LogP contribution in [-0.4, -0.2) is 18.7 Å². The predicted octanol–water partition coefficient (Wildman–Crippen LogP) is 2.54. The largest absolute Gasteiger partial charge is 0.444 e. The number of hydrogen-bond acceptors (Lipinski definition) is 3. The molecule has 0 radical (unpaired) electrons. The van der Waals surface area contributed by atoms with Gasteiger partial charge in [0.2, 0.25) is 0 Å². The van der Waals surface area contributed by atoms with Crippen molar-refractivity contribution in [2.24, 2.45) is 0 Å². The maximum absolute atomic E-state index is 11.5. The Kier molecular flexibility index (Phi) is 5.64. The van der Waals surface area contributed by atoms with Gasteiger partial charge in [-0.2, -0.15) is 0 Å². The average Bonchev–Trinajstić information content (AvgIpc) is 2.11. The van der Waals surface area contributed by atoms with Gasteiger partial charge in [0.05, 0.1) is 0 Å². The molecule has 92 valence electrons. The van der Waals surface area contributed by atoms with Gasteiger partial charge in [0, 0.05) is 7.05 Å². The Morgan fingerprint density at radius 1 is 1.31 bits per heavy atom. The molecule has 0 saturated carbocycles. The molecule has 16 heavy (non-hydrogen) atoms. The Balaban J connectivity index is 4.57. The van der Waals surface area contributed by atoms with Crippen LogP contribution in [0.15, 0.2) is 23.5 Å². The van der Waals surface area contributed by atoms with Crippen molar-refractivity contribution in [1.29, 1.82) is 0 Å². The summed E-state index contributed by atoms with van der Waals surface area (Å²) in [7, 11) is 1.75. The zero-order chi connectivity index (χ0) is 12.8. The van der Waals surface area contributed by atoms with Crippen molar-refractivity contribution in [3.8, 4) is 0 Å². The van der Waals surface area contributed by atoms with Crippen LogP contribution in [0.1, 0.15) is 34.6 Å². The van der Waals surface area contributed by atoms with E-state index in [4.69, 9.17) is 4.74 Å². The minimum atomic E-state index is -0.489. The third-order valence-electron chi connectivity index (χ3n) is 1.69. The molecular weight excluding hydrogens is 204 g/mol. The fourth-order valence-corrected chi connectivity index (χ4v) is 1.10. The molecule has 0 aromatic heterocycles. The summed E-state index contributed by atoms with van der Waals surface area (Å²) in [5.41, 5.74) is 0.452. The molecule has 0 rings (SSSR count). The monoisotopic (exact) mass is 226 g/mol. The van der Waals surface area contributed by atoms with Crippen molar-refractivity contribution < 1.29 is 9.53 Å². The van der Waals surface area contributed by atoms with E-state index in [0.29, 0.717) is 5.82 Å². The molecule has 0 aliphatic rings. The number of hydrogen-bond donors (Lipinski definition) is 2. The van der Waals surface area contributed by atoms with E-state index in [-0.39, 0.29) is 0 Å². The van der Waals surface area contributed by atoms with Gasteiger partial charge in [0.25, 0.3) is 0 Å². The van der Waals surface area contributed by atoms with E-state index in [9.17, 15) is 4.79 Å². The van der Waals surface area contributed by atoms with Crippen molar-refractivity contribution in [1.82, 2.24) is 10.6 Å². The first kappa shape index (κ1) is 14.6. The van der Waals surface area contributed by atoms with Gasteiger partial charge in [-0.15, -0.1) is 0 Å². The van der Waals surface area contributed by atoms with Crippen molar-refractivity contribution in [2.75, 3.05) is 7.05 Å². The minimum Gasteiger partial charge on any atom is -0.444 e. The fourth-order valence-electron chi connectivity index (χ4n) is 1.10. The van der Waals surface area contributed by atoms with Gasteiger partial charge in [-0.1, -0.05) is 12.2 Å². The van der Waals surface area contributed by atoms with Crippen molar-refractivity contribution in [3.05, 3.63) is 23.5 Å². The summed E-state index contributed by atoms with van der Waals surface area (Å²) in [5.74, 6) is 0.646. The van der Waals surface area contributed by atoms with Gasteiger partial charge in [0.1, 0.15) is 11.4 Å². The summed E-state index contributed by atoms with van der Waals surface area (Å²) in [4.78, 5) is 11.5. The summed E-state index contributed by atoms with van der Waals surface area (Å²) in [6, 6.07) is 0. The third-order valence-corrected chi connectivity index (χ3v) is 1.69. The molecule has 0 unspecified atom stereocenters. The molecule has 0 bridgehead atoms. The van der Waals surface area contributed by atoms with Crippen LogP contribution in [0.3, 0.4) is 0 Å². The number of ether oxygens (including phenoxy) is 1. The van der Waals surface area contributed by atoms with Crippen LogP contribution >= 0.6 is 0 Å². The molecule has 0 saturated heterocycles. The summed E-state index contributed by atoms with van der Waals surface area (Å²) in [6.45, 7) is 9.31. The van der Waals surface area contributed by atoms with E-state index in [1.165, 1.54) is 0 Å². The molecular formula is C12H22N2O2. The molecule has 2 N–H and O–H groups in total. The summed E-state index contributed by atoms with van der Waals surface area (Å²) >= 11 is 0. The number of carbonyl (C=O) groups is 1. The molecule has 0 aliphatic heterocycles. The van der Waals surface area contributed by atoms with Crippen molar-refractivity contribution in [2.45, 2.75) is 40.2 Å². The van der Waals surface area contributed by atoms with E-state index < -0.39 is 11.7 Å². The topological polar surface area (TPSA) is 50.4 Å². The van der Waals surface area contributed by atoms with Crippen LogP contribution in [0.4, 0.5) is 4.79 Å². The minimum absolute atomic E-state index is 0.458. The number of amides is 1. The lowest BCUT2D eigenvalue weighted by atomic mass is 10.2. The van der Waals surface area contributed by atoms with E-state index in [0.717, 1.165) is 5.57 Å². The second kappa shape index (κ2) is 6.20. The number of allylic oxidation sites excluding steroid dienone is 3. The van der Waals surface area contributed by atoms with Crippen LogP contribution in [0.5, 0.6) is 0 Å². The molecule has 0 aromatic carbocycles. The highest BCUT2D eigenvalue weighted by atomic mass is 16.6. The quantitative estimate of drug-likeness (QED) is 0.727. The van der Waals surface area contributed by atoms with E-state index in [1.54, 1.807) is 7.05 Å². The van der Waals surface area contributed by atoms with Crippen LogP contribution in [-0.2, 0) is 4.74 Å². The highest BCUT2D eigenvalue weighted by Gasteiger charge is 2.16. The van der Waals surface area contributed by atoms with Crippen molar-refractivity contribution in [3.63, 3.8) is 0 Å². The van der Waals surface area contributed by atoms with E-state index >= 15 is 0 Å². The second-order valence-electron chi connectivity index (χ2n) is 4.43. The lowest BCUT2D eigenvalue weighted by Gasteiger charge is -2.20. The molecule has 0 atom stereocenters. The summed E-state index contributed by atoms with van der Waals surface area (Å²) < 4.78 is 5.15. The zero-order valence-corrected chi connectivity index (χ0v) is 11.0. The van der Waals surface area contributed by atoms with Gasteiger partial charge in [0.15, 0.2) is 0 Å². The molecule has 0 heterocycles. The van der Waals surface area contributed by atoms with Crippen LogP contribution in [0.25, 0.3) is 0 Å². The summed E-state index contributed by atoms with van der Waals surface area (Å²) in [5, 5.41) is 5.58. The molecule has 0 fully saturated rings. The smallest absolute Gasteiger partial charge is 0.413 e. The standard InChI is InChI=1S/C12H22N2O2/c1-7-8-9(2)10(13-6)14-11(15)16-12(3,4)5/h7-8,13H,1-6H3,(H,14,15)/b8-7-,10-9+. The maximum atomic E-state index is 11.5. The molecule has 4 nitrogen and oxygen atoms in total. The van der Waals surface area contributed by atoms with Gasteiger partial charge in [-0.25, -0.2) is 4.79 Å².